The fraction of sp³-hybridized carbons (Fsp3) is 0.679. The molecule has 4 aliphatic rings. The lowest BCUT2D eigenvalue weighted by molar-refractivity contribution is -0.347. The molecule has 3 fully saturated rings. The lowest BCUT2D eigenvalue weighted by atomic mass is 9.44. The van der Waals surface area contributed by atoms with E-state index in [-0.39, 0.29) is 25.0 Å². The lowest BCUT2D eigenvalue weighted by Crippen LogP contribution is -2.81. The van der Waals surface area contributed by atoms with Crippen LogP contribution in [0.4, 0.5) is 0 Å². The second-order valence-corrected chi connectivity index (χ2v) is 11.4. The number of aliphatic hydroxyl groups is 4. The first-order chi connectivity index (χ1) is 17.6. The van der Waals surface area contributed by atoms with Gasteiger partial charge in [-0.1, -0.05) is 19.8 Å². The van der Waals surface area contributed by atoms with E-state index in [2.05, 4.69) is 23.7 Å². The summed E-state index contributed by atoms with van der Waals surface area (Å²) in [6.07, 6.45) is -7.46. The highest BCUT2D eigenvalue weighted by Crippen LogP contribution is 2.63. The van der Waals surface area contributed by atoms with Gasteiger partial charge in [-0.3, -0.25) is 9.59 Å². The summed E-state index contributed by atoms with van der Waals surface area (Å²) in [6, 6.07) is 0. The van der Waals surface area contributed by atoms with E-state index >= 15 is 0 Å². The van der Waals surface area contributed by atoms with Crippen LogP contribution >= 0.6 is 0 Å². The number of esters is 2. The summed E-state index contributed by atoms with van der Waals surface area (Å²) in [5.41, 5.74) is -6.60. The molecule has 3 aliphatic carbocycles. The van der Waals surface area contributed by atoms with Gasteiger partial charge in [0.2, 0.25) is 0 Å². The van der Waals surface area contributed by atoms with E-state index in [1.54, 1.807) is 20.8 Å². The Morgan fingerprint density at radius 2 is 1.79 bits per heavy atom. The largest absolute Gasteiger partial charge is 0.454 e. The van der Waals surface area contributed by atoms with Gasteiger partial charge in [-0.25, -0.2) is 4.79 Å². The van der Waals surface area contributed by atoms with Crippen LogP contribution in [0.2, 0.25) is 0 Å². The molecule has 0 aromatic heterocycles. The van der Waals surface area contributed by atoms with Crippen LogP contribution in [0.1, 0.15) is 54.4 Å². The zero-order valence-electron chi connectivity index (χ0n) is 22.3. The first kappa shape index (κ1) is 28.3. The van der Waals surface area contributed by atoms with Crippen LogP contribution in [0.3, 0.4) is 0 Å². The van der Waals surface area contributed by atoms with Crippen molar-refractivity contribution < 1.29 is 49.0 Å². The van der Waals surface area contributed by atoms with Crippen LogP contribution in [0.25, 0.3) is 0 Å². The van der Waals surface area contributed by atoms with Crippen LogP contribution in [0.5, 0.6) is 0 Å². The van der Waals surface area contributed by atoms with Gasteiger partial charge >= 0.3 is 11.9 Å². The van der Waals surface area contributed by atoms with Crippen molar-refractivity contribution in [3.05, 3.63) is 11.1 Å². The number of ether oxygens (including phenoxy) is 3. The highest BCUT2D eigenvalue weighted by molar-refractivity contribution is 5.94. The zero-order chi connectivity index (χ0) is 28.4. The van der Waals surface area contributed by atoms with Gasteiger partial charge in [-0.15, -0.1) is 0 Å². The number of hydrogen-bond donors (Lipinski definition) is 4. The molecule has 9 atom stereocenters. The lowest BCUT2D eigenvalue weighted by Gasteiger charge is -2.67. The first-order valence-electron chi connectivity index (χ1n) is 12.6. The maximum atomic E-state index is 14.2. The molecule has 10 nitrogen and oxygen atoms in total. The second kappa shape index (κ2) is 9.18. The monoisotopic (exact) mass is 530 g/mol. The normalized spacial score (nSPS) is 42.8. The van der Waals surface area contributed by atoms with E-state index < -0.39 is 76.2 Å². The van der Waals surface area contributed by atoms with Crippen molar-refractivity contribution in [2.75, 3.05) is 6.61 Å². The van der Waals surface area contributed by atoms with Crippen molar-refractivity contribution in [2.24, 2.45) is 16.7 Å². The van der Waals surface area contributed by atoms with Gasteiger partial charge in [0.15, 0.2) is 11.4 Å². The van der Waals surface area contributed by atoms with E-state index in [1.807, 2.05) is 0 Å². The molecule has 206 valence electrons. The topological polar surface area (TPSA) is 160 Å². The number of aliphatic hydroxyl groups excluding tert-OH is 3. The zero-order valence-corrected chi connectivity index (χ0v) is 22.3. The van der Waals surface area contributed by atoms with Crippen molar-refractivity contribution in [1.29, 1.82) is 0 Å². The molecule has 4 N–H and O–H groups in total. The third-order valence-electron chi connectivity index (χ3n) is 9.29. The van der Waals surface area contributed by atoms with E-state index in [1.165, 1.54) is 20.8 Å². The van der Waals surface area contributed by atoms with Gasteiger partial charge in [0.1, 0.15) is 23.9 Å². The summed E-state index contributed by atoms with van der Waals surface area (Å²) in [7, 11) is 0. The van der Waals surface area contributed by atoms with Crippen LogP contribution in [-0.4, -0.2) is 86.5 Å². The van der Waals surface area contributed by atoms with E-state index in [4.69, 9.17) is 14.2 Å². The van der Waals surface area contributed by atoms with Crippen molar-refractivity contribution in [2.45, 2.75) is 96.1 Å². The molecule has 2 saturated carbocycles. The van der Waals surface area contributed by atoms with Gasteiger partial charge in [-0.05, 0) is 43.8 Å². The maximum absolute atomic E-state index is 14.2. The Morgan fingerprint density at radius 1 is 1.13 bits per heavy atom. The number of Topliss-reactive ketones (excluding diaryl/α,β-unsaturated/α-hetero) is 1. The smallest absolute Gasteiger partial charge is 0.385 e. The molecule has 2 bridgehead atoms. The molecule has 0 spiro atoms. The molecule has 0 unspecified atom stereocenters. The summed E-state index contributed by atoms with van der Waals surface area (Å²) in [4.78, 5) is 39.5. The minimum Gasteiger partial charge on any atom is -0.454 e. The minimum atomic E-state index is -2.10. The Kier molecular flexibility index (Phi) is 6.83. The Hall–Kier alpha value is -2.73. The van der Waals surface area contributed by atoms with Crippen molar-refractivity contribution >= 4 is 17.7 Å². The van der Waals surface area contributed by atoms with Crippen molar-refractivity contribution in [1.82, 2.24) is 0 Å². The summed E-state index contributed by atoms with van der Waals surface area (Å²) >= 11 is 0. The summed E-state index contributed by atoms with van der Waals surface area (Å²) in [5, 5.41) is 46.3. The standard InChI is InChI=1S/C28H34O10/c1-7-8-9-10-19(32)37-24-22-26(6,17(31)11-18-27(22,13-36-18)38-15(3)29)23(34)21(33)20-14(2)16(30)12-28(24,35)25(20,4)5/h16-18,21-22,24,30-31,33,35H,11-13H2,1-6H3/t16-,17-,18+,21+,22-,24-,26+,27-,28+/m0/s1. The molecule has 0 aromatic carbocycles. The number of hydrogen-bond acceptors (Lipinski definition) is 10. The van der Waals surface area contributed by atoms with Crippen molar-refractivity contribution in [3.8, 4) is 23.7 Å². The Balaban J connectivity index is 2.06. The Bertz CT molecular complexity index is 1230. The predicted molar refractivity (Wildman–Crippen MR) is 131 cm³/mol. The van der Waals surface area contributed by atoms with Gasteiger partial charge in [0.25, 0.3) is 0 Å². The molecule has 0 aromatic rings. The molecule has 1 saturated heterocycles. The number of fused-ring (bicyclic) bond motifs is 5. The number of rotatable bonds is 2. The SMILES string of the molecule is CC#CC#CC(=O)O[C@H]1[C@@H]2[C@]3(OC(C)=O)CO[C@@H]3C[C@H](O)[C@@]2(C)C(=O)[C@H](O)C2=C(C)[C@@H](O)C[C@]1(O)C2(C)C. The van der Waals surface area contributed by atoms with Crippen LogP contribution in [0.15, 0.2) is 11.1 Å². The highest BCUT2D eigenvalue weighted by atomic mass is 16.6. The third kappa shape index (κ3) is 3.66. The summed E-state index contributed by atoms with van der Waals surface area (Å²) in [5.74, 6) is 5.57. The molecule has 4 rings (SSSR count). The summed E-state index contributed by atoms with van der Waals surface area (Å²) in [6.45, 7) is 8.64. The molecule has 0 amide bonds. The molecule has 38 heavy (non-hydrogen) atoms. The van der Waals surface area contributed by atoms with Crippen LogP contribution in [-0.2, 0) is 28.6 Å². The van der Waals surface area contributed by atoms with Crippen LogP contribution < -0.4 is 0 Å². The molecule has 0 radical (unpaired) electrons. The molecule has 1 aliphatic heterocycles. The minimum absolute atomic E-state index is 0.0770. The van der Waals surface area contributed by atoms with Crippen molar-refractivity contribution in [3.63, 3.8) is 0 Å². The van der Waals surface area contributed by atoms with Crippen LogP contribution in [0, 0.1) is 40.4 Å². The quantitative estimate of drug-likeness (QED) is 0.163. The summed E-state index contributed by atoms with van der Waals surface area (Å²) < 4.78 is 17.3. The Labute approximate surface area is 221 Å². The van der Waals surface area contributed by atoms with Gasteiger partial charge in [0.05, 0.1) is 30.1 Å². The number of ketones is 1. The predicted octanol–water partition coefficient (Wildman–Crippen LogP) is -0.205. The Morgan fingerprint density at radius 3 is 2.34 bits per heavy atom. The van der Waals surface area contributed by atoms with E-state index in [0.717, 1.165) is 0 Å². The van der Waals surface area contributed by atoms with Gasteiger partial charge < -0.3 is 34.6 Å². The van der Waals surface area contributed by atoms with Gasteiger partial charge in [-0.2, -0.15) is 0 Å². The van der Waals surface area contributed by atoms with E-state index in [9.17, 15) is 34.8 Å². The molecule has 10 heteroatoms. The average Bonchev–Trinajstić information content (AvgIpc) is 2.82. The molecular weight excluding hydrogens is 496 g/mol. The molecular formula is C28H34O10. The number of carbonyl (C=O) groups excluding carboxylic acids is 3. The second-order valence-electron chi connectivity index (χ2n) is 11.4. The fourth-order valence-electron chi connectivity index (χ4n) is 7.19. The van der Waals surface area contributed by atoms with Gasteiger partial charge in [0, 0.05) is 31.1 Å². The number of carbonyl (C=O) groups is 3. The third-order valence-corrected chi connectivity index (χ3v) is 9.29. The average molecular weight is 531 g/mol. The first-order valence-corrected chi connectivity index (χ1v) is 12.6. The van der Waals surface area contributed by atoms with E-state index in [0.29, 0.717) is 5.57 Å². The maximum Gasteiger partial charge on any atom is 0.385 e. The molecule has 1 heterocycles. The fourth-order valence-corrected chi connectivity index (χ4v) is 7.19. The highest BCUT2D eigenvalue weighted by Gasteiger charge is 2.77.